The molecule has 0 saturated carbocycles. The highest BCUT2D eigenvalue weighted by Crippen LogP contribution is 2.18. The van der Waals surface area contributed by atoms with Gasteiger partial charge in [0.05, 0.1) is 0 Å². The molecule has 1 aromatic heterocycles. The van der Waals surface area contributed by atoms with E-state index in [4.69, 9.17) is 0 Å². The zero-order valence-electron chi connectivity index (χ0n) is 17.7. The number of halogens is 1. The van der Waals surface area contributed by atoms with E-state index in [0.29, 0.717) is 12.1 Å². The third-order valence-corrected chi connectivity index (χ3v) is 5.77. The molecule has 2 fully saturated rings. The largest absolute Gasteiger partial charge is 0.357 e. The molecule has 2 saturated heterocycles. The summed E-state index contributed by atoms with van der Waals surface area (Å²) in [5.74, 6) is 2.01. The monoisotopic (exact) mass is 500 g/mol. The number of piperidine rings is 2. The van der Waals surface area contributed by atoms with E-state index in [1.807, 2.05) is 13.2 Å². The lowest BCUT2D eigenvalue weighted by Crippen LogP contribution is -2.49. The lowest BCUT2D eigenvalue weighted by Gasteiger charge is -2.35. The van der Waals surface area contributed by atoms with Crippen molar-refractivity contribution in [1.82, 2.24) is 20.5 Å². The summed E-state index contributed by atoms with van der Waals surface area (Å²) in [6, 6.07) is 5.46. The van der Waals surface area contributed by atoms with Gasteiger partial charge in [-0.1, -0.05) is 0 Å². The molecule has 2 aliphatic heterocycles. The molecule has 158 valence electrons. The van der Waals surface area contributed by atoms with Crippen LogP contribution in [-0.2, 0) is 6.54 Å². The van der Waals surface area contributed by atoms with Crippen molar-refractivity contribution >= 4 is 35.8 Å². The van der Waals surface area contributed by atoms with Crippen LogP contribution in [-0.4, -0.2) is 61.2 Å². The standard InChI is InChI=1S/C21H36N6.HI/c1-17(2)26-13-8-19(9-14-26)25-21(22-3)24-16-18-7-10-23-20(15-18)27-11-5-4-6-12-27;/h7,10,15,17,19H,4-6,8-9,11-14,16H2,1-3H3,(H2,22,24,25);1H. The molecular formula is C21H37IN6. The molecular weight excluding hydrogens is 463 g/mol. The van der Waals surface area contributed by atoms with Gasteiger partial charge in [-0.2, -0.15) is 0 Å². The zero-order chi connectivity index (χ0) is 19.1. The molecule has 0 bridgehead atoms. The van der Waals surface area contributed by atoms with Crippen molar-refractivity contribution in [2.24, 2.45) is 4.99 Å². The van der Waals surface area contributed by atoms with E-state index in [2.05, 4.69) is 56.4 Å². The fourth-order valence-corrected chi connectivity index (χ4v) is 4.00. The first-order valence-corrected chi connectivity index (χ1v) is 10.6. The quantitative estimate of drug-likeness (QED) is 0.370. The number of aromatic nitrogens is 1. The van der Waals surface area contributed by atoms with Crippen LogP contribution in [0.25, 0.3) is 0 Å². The van der Waals surface area contributed by atoms with Crippen molar-refractivity contribution in [3.05, 3.63) is 23.9 Å². The summed E-state index contributed by atoms with van der Waals surface area (Å²) in [5.41, 5.74) is 1.25. The average Bonchev–Trinajstić information content (AvgIpc) is 2.72. The summed E-state index contributed by atoms with van der Waals surface area (Å²) in [4.78, 5) is 13.9. The van der Waals surface area contributed by atoms with Crippen LogP contribution >= 0.6 is 24.0 Å². The fraction of sp³-hybridized carbons (Fsp3) is 0.714. The molecule has 0 aromatic carbocycles. The fourth-order valence-electron chi connectivity index (χ4n) is 4.00. The Hall–Kier alpha value is -1.09. The topological polar surface area (TPSA) is 55.8 Å². The van der Waals surface area contributed by atoms with E-state index >= 15 is 0 Å². The van der Waals surface area contributed by atoms with Gasteiger partial charge >= 0.3 is 0 Å². The van der Waals surface area contributed by atoms with Crippen LogP contribution in [0.3, 0.4) is 0 Å². The minimum absolute atomic E-state index is 0. The summed E-state index contributed by atoms with van der Waals surface area (Å²) < 4.78 is 0. The normalized spacial score (nSPS) is 19.4. The molecule has 2 aliphatic rings. The van der Waals surface area contributed by atoms with E-state index in [1.165, 1.54) is 37.7 Å². The Kier molecular flexibility index (Phi) is 9.77. The Morgan fingerprint density at radius 3 is 2.54 bits per heavy atom. The van der Waals surface area contributed by atoms with Gasteiger partial charge in [0.25, 0.3) is 0 Å². The predicted molar refractivity (Wildman–Crippen MR) is 129 cm³/mol. The Balaban J connectivity index is 0.00000280. The molecule has 0 amide bonds. The van der Waals surface area contributed by atoms with Crippen LogP contribution in [0.4, 0.5) is 5.82 Å². The third-order valence-electron chi connectivity index (χ3n) is 5.77. The molecule has 6 nitrogen and oxygen atoms in total. The van der Waals surface area contributed by atoms with E-state index in [0.717, 1.165) is 44.5 Å². The summed E-state index contributed by atoms with van der Waals surface area (Å²) in [7, 11) is 1.85. The van der Waals surface area contributed by atoms with Crippen LogP contribution < -0.4 is 15.5 Å². The first-order chi connectivity index (χ1) is 13.2. The maximum atomic E-state index is 4.57. The van der Waals surface area contributed by atoms with E-state index < -0.39 is 0 Å². The Morgan fingerprint density at radius 2 is 1.89 bits per heavy atom. The Morgan fingerprint density at radius 1 is 1.18 bits per heavy atom. The first kappa shape index (κ1) is 23.2. The number of rotatable bonds is 5. The van der Waals surface area contributed by atoms with E-state index in [9.17, 15) is 0 Å². The number of nitrogens with zero attached hydrogens (tertiary/aromatic N) is 4. The van der Waals surface area contributed by atoms with Gasteiger partial charge in [-0.05, 0) is 63.6 Å². The number of anilines is 1. The van der Waals surface area contributed by atoms with Gasteiger partial charge < -0.3 is 20.4 Å². The summed E-state index contributed by atoms with van der Waals surface area (Å²) in [6.45, 7) is 9.91. The average molecular weight is 500 g/mol. The van der Waals surface area contributed by atoms with Gasteiger partial charge in [-0.3, -0.25) is 4.99 Å². The maximum absolute atomic E-state index is 4.57. The van der Waals surface area contributed by atoms with Crippen LogP contribution in [0.15, 0.2) is 23.3 Å². The zero-order valence-corrected chi connectivity index (χ0v) is 20.0. The summed E-state index contributed by atoms with van der Waals surface area (Å²) in [5, 5.41) is 7.08. The number of aliphatic imine (C=N–C) groups is 1. The third kappa shape index (κ3) is 6.76. The lowest BCUT2D eigenvalue weighted by molar-refractivity contribution is 0.167. The van der Waals surface area contributed by atoms with Crippen molar-refractivity contribution < 1.29 is 0 Å². The van der Waals surface area contributed by atoms with Crippen LogP contribution in [0, 0.1) is 0 Å². The lowest BCUT2D eigenvalue weighted by atomic mass is 10.0. The van der Waals surface area contributed by atoms with Gasteiger partial charge in [0.15, 0.2) is 5.96 Å². The molecule has 2 N–H and O–H groups in total. The highest BCUT2D eigenvalue weighted by Gasteiger charge is 2.21. The molecule has 0 atom stereocenters. The van der Waals surface area contributed by atoms with Crippen molar-refractivity contribution in [3.8, 4) is 0 Å². The second kappa shape index (κ2) is 11.8. The smallest absolute Gasteiger partial charge is 0.191 e. The summed E-state index contributed by atoms with van der Waals surface area (Å²) in [6.07, 6.45) is 8.17. The maximum Gasteiger partial charge on any atom is 0.191 e. The SMILES string of the molecule is CN=C(NCc1ccnc(N2CCCCC2)c1)NC1CCN(C(C)C)CC1.I. The number of hydrogen-bond acceptors (Lipinski definition) is 4. The van der Waals surface area contributed by atoms with Gasteiger partial charge in [0, 0.05) is 58.1 Å². The number of nitrogens with one attached hydrogen (secondary N) is 2. The molecule has 3 rings (SSSR count). The first-order valence-electron chi connectivity index (χ1n) is 10.6. The molecule has 3 heterocycles. The van der Waals surface area contributed by atoms with Crippen molar-refractivity contribution in [1.29, 1.82) is 0 Å². The number of likely N-dealkylation sites (tertiary alicyclic amines) is 1. The van der Waals surface area contributed by atoms with Gasteiger partial charge in [0.1, 0.15) is 5.82 Å². The van der Waals surface area contributed by atoms with Crippen LogP contribution in [0.5, 0.6) is 0 Å². The van der Waals surface area contributed by atoms with Crippen LogP contribution in [0.1, 0.15) is 51.5 Å². The minimum atomic E-state index is 0. The predicted octanol–water partition coefficient (Wildman–Crippen LogP) is 3.23. The number of guanidine groups is 1. The van der Waals surface area contributed by atoms with Crippen molar-refractivity contribution in [2.75, 3.05) is 38.1 Å². The second-order valence-corrected chi connectivity index (χ2v) is 8.04. The minimum Gasteiger partial charge on any atom is -0.357 e. The van der Waals surface area contributed by atoms with Gasteiger partial charge in [-0.15, -0.1) is 24.0 Å². The molecule has 0 aliphatic carbocycles. The van der Waals surface area contributed by atoms with E-state index in [-0.39, 0.29) is 24.0 Å². The Bertz CT molecular complexity index is 607. The van der Waals surface area contributed by atoms with Gasteiger partial charge in [-0.25, -0.2) is 4.98 Å². The van der Waals surface area contributed by atoms with E-state index in [1.54, 1.807) is 0 Å². The summed E-state index contributed by atoms with van der Waals surface area (Å²) >= 11 is 0. The molecule has 0 spiro atoms. The van der Waals surface area contributed by atoms with Crippen molar-refractivity contribution in [3.63, 3.8) is 0 Å². The van der Waals surface area contributed by atoms with Crippen molar-refractivity contribution in [2.45, 2.75) is 64.6 Å². The number of hydrogen-bond donors (Lipinski definition) is 2. The molecule has 0 radical (unpaired) electrons. The molecule has 1 aromatic rings. The van der Waals surface area contributed by atoms with Gasteiger partial charge in [0.2, 0.25) is 0 Å². The highest BCUT2D eigenvalue weighted by molar-refractivity contribution is 14.0. The molecule has 0 unspecified atom stereocenters. The Labute approximate surface area is 187 Å². The molecule has 28 heavy (non-hydrogen) atoms. The highest BCUT2D eigenvalue weighted by atomic mass is 127. The molecule has 7 heteroatoms. The van der Waals surface area contributed by atoms with Crippen LogP contribution in [0.2, 0.25) is 0 Å². The second-order valence-electron chi connectivity index (χ2n) is 8.04. The number of pyridine rings is 1.